The second-order valence-electron chi connectivity index (χ2n) is 12.6. The fraction of sp³-hybridized carbons (Fsp3) is 0.429. The van der Waals surface area contributed by atoms with Crippen LogP contribution < -0.4 is 4.74 Å². The van der Waals surface area contributed by atoms with E-state index < -0.39 is 40.1 Å². The lowest BCUT2D eigenvalue weighted by atomic mass is 9.93. The number of carbonyl (C=O) groups is 1. The number of amides is 2. The molecule has 52 heavy (non-hydrogen) atoms. The minimum Gasteiger partial charge on any atom is -0.493 e. The number of rotatable bonds is 9. The summed E-state index contributed by atoms with van der Waals surface area (Å²) in [4.78, 5) is 24.9. The van der Waals surface area contributed by atoms with Gasteiger partial charge in [0.1, 0.15) is 17.6 Å². The lowest BCUT2D eigenvalue weighted by Gasteiger charge is -2.41. The number of aliphatic imine (C=N–C) groups is 1. The van der Waals surface area contributed by atoms with Crippen molar-refractivity contribution in [3.8, 4) is 5.75 Å². The number of benzene rings is 3. The van der Waals surface area contributed by atoms with Crippen LogP contribution in [-0.4, -0.2) is 121 Å². The monoisotopic (exact) mass is 782 g/mol. The predicted octanol–water partition coefficient (Wildman–Crippen LogP) is 5.55. The first-order valence-electron chi connectivity index (χ1n) is 16.9. The number of alkyl halides is 3. The van der Waals surface area contributed by atoms with Crippen molar-refractivity contribution in [2.45, 2.75) is 25.2 Å². The van der Waals surface area contributed by atoms with Crippen molar-refractivity contribution in [2.24, 2.45) is 4.99 Å². The molecule has 11 nitrogen and oxygen atoms in total. The minimum absolute atomic E-state index is 0.00267. The third kappa shape index (κ3) is 8.05. The standard InChI is InChI=1S/C35H39Cl2F3N6O5S/c1-2-51-30-23-26(35(38,39)40)7-12-29(30)33-41-31(24-3-8-27(36)9-4-24)32(25-5-10-28(37)11-6-25)46(33)34(48)43-15-19-45(20-16-43)52(49,50)44-17-13-42(14-18-44)21-22-47/h3-12,23,31-32,47H,2,13-22H2,1H3. The van der Waals surface area contributed by atoms with Crippen LogP contribution in [0.3, 0.4) is 0 Å². The molecule has 3 aromatic rings. The van der Waals surface area contributed by atoms with Crippen LogP contribution in [0.5, 0.6) is 5.75 Å². The smallest absolute Gasteiger partial charge is 0.416 e. The van der Waals surface area contributed by atoms with Crippen molar-refractivity contribution < 1.29 is 36.2 Å². The number of carbonyl (C=O) groups excluding carboxylic acids is 1. The molecule has 0 saturated carbocycles. The Morgan fingerprint density at radius 2 is 1.42 bits per heavy atom. The zero-order valence-electron chi connectivity index (χ0n) is 28.3. The molecule has 2 unspecified atom stereocenters. The number of aliphatic hydroxyl groups is 1. The first kappa shape index (κ1) is 38.3. The van der Waals surface area contributed by atoms with E-state index in [0.717, 1.165) is 12.1 Å². The molecule has 2 atom stereocenters. The van der Waals surface area contributed by atoms with Crippen LogP contribution in [0.15, 0.2) is 71.7 Å². The summed E-state index contributed by atoms with van der Waals surface area (Å²) in [6.07, 6.45) is -4.64. The molecule has 0 bridgehead atoms. The number of hydrogen-bond acceptors (Lipinski definition) is 7. The molecule has 17 heteroatoms. The van der Waals surface area contributed by atoms with Crippen molar-refractivity contribution in [3.05, 3.63) is 99.0 Å². The van der Waals surface area contributed by atoms with Gasteiger partial charge in [0, 0.05) is 68.9 Å². The van der Waals surface area contributed by atoms with Gasteiger partial charge < -0.3 is 14.7 Å². The Balaban J connectivity index is 1.36. The molecule has 2 saturated heterocycles. The van der Waals surface area contributed by atoms with Gasteiger partial charge in [-0.1, -0.05) is 47.5 Å². The number of nitrogens with zero attached hydrogens (tertiary/aromatic N) is 6. The number of urea groups is 1. The van der Waals surface area contributed by atoms with Gasteiger partial charge in [0.05, 0.1) is 30.4 Å². The molecule has 0 radical (unpaired) electrons. The SMILES string of the molecule is CCOc1cc(C(F)(F)F)ccc1C1=NC(c2ccc(Cl)cc2)C(c2ccc(Cl)cc2)N1C(=O)N1CCN(S(=O)(=O)N2CCN(CCO)CC2)CC1. The van der Waals surface area contributed by atoms with E-state index in [2.05, 4.69) is 0 Å². The van der Waals surface area contributed by atoms with Crippen LogP contribution in [0.4, 0.5) is 18.0 Å². The fourth-order valence-corrected chi connectivity index (χ4v) is 8.59. The maximum absolute atomic E-state index is 14.8. The molecule has 0 aromatic heterocycles. The Hall–Kier alpha value is -3.44. The van der Waals surface area contributed by atoms with Crippen LogP contribution in [0.1, 0.15) is 41.3 Å². The third-order valence-corrected chi connectivity index (χ3v) is 12.0. The summed E-state index contributed by atoms with van der Waals surface area (Å²) in [7, 11) is -3.81. The second-order valence-corrected chi connectivity index (χ2v) is 15.4. The van der Waals surface area contributed by atoms with Gasteiger partial charge in [-0.2, -0.15) is 30.2 Å². The lowest BCUT2D eigenvalue weighted by Crippen LogP contribution is -2.59. The van der Waals surface area contributed by atoms with E-state index in [4.69, 9.17) is 32.9 Å². The Labute approximate surface area is 310 Å². The molecule has 6 rings (SSSR count). The Kier molecular flexibility index (Phi) is 11.7. The average molecular weight is 784 g/mol. The normalized spacial score (nSPS) is 21.0. The highest BCUT2D eigenvalue weighted by Gasteiger charge is 2.46. The molecule has 1 N–H and O–H groups in total. The molecular formula is C35H39Cl2F3N6O5S. The van der Waals surface area contributed by atoms with Crippen molar-refractivity contribution in [2.75, 3.05) is 72.1 Å². The van der Waals surface area contributed by atoms with E-state index in [0.29, 0.717) is 53.9 Å². The van der Waals surface area contributed by atoms with Crippen LogP contribution >= 0.6 is 23.2 Å². The summed E-state index contributed by atoms with van der Waals surface area (Å²) in [5, 5.41) is 10.2. The molecule has 3 aliphatic heterocycles. The molecular weight excluding hydrogens is 744 g/mol. The molecule has 280 valence electrons. The highest BCUT2D eigenvalue weighted by atomic mass is 35.5. The fourth-order valence-electron chi connectivity index (χ4n) is 6.76. The summed E-state index contributed by atoms with van der Waals surface area (Å²) < 4.78 is 77.3. The van der Waals surface area contributed by atoms with Gasteiger partial charge >= 0.3 is 12.2 Å². The van der Waals surface area contributed by atoms with Crippen LogP contribution in [-0.2, 0) is 16.4 Å². The second kappa shape index (κ2) is 15.9. The van der Waals surface area contributed by atoms with Gasteiger partial charge in [0.15, 0.2) is 0 Å². The van der Waals surface area contributed by atoms with Crippen molar-refractivity contribution in [3.63, 3.8) is 0 Å². The van der Waals surface area contributed by atoms with E-state index in [1.807, 2.05) is 4.90 Å². The lowest BCUT2D eigenvalue weighted by molar-refractivity contribution is -0.137. The summed E-state index contributed by atoms with van der Waals surface area (Å²) in [6, 6.07) is 15.0. The Bertz CT molecular complexity index is 1870. The highest BCUT2D eigenvalue weighted by Crippen LogP contribution is 2.46. The maximum atomic E-state index is 14.8. The molecule has 3 aliphatic rings. The van der Waals surface area contributed by atoms with E-state index in [9.17, 15) is 31.5 Å². The van der Waals surface area contributed by atoms with Gasteiger partial charge in [-0.15, -0.1) is 0 Å². The molecule has 3 heterocycles. The number of aliphatic hydroxyl groups excluding tert-OH is 1. The summed E-state index contributed by atoms with van der Waals surface area (Å²) in [5.74, 6) is 0.0216. The van der Waals surface area contributed by atoms with E-state index in [-0.39, 0.29) is 56.5 Å². The van der Waals surface area contributed by atoms with E-state index >= 15 is 0 Å². The highest BCUT2D eigenvalue weighted by molar-refractivity contribution is 7.86. The number of piperazine rings is 2. The number of halogens is 5. The first-order valence-corrected chi connectivity index (χ1v) is 19.1. The molecule has 0 spiro atoms. The van der Waals surface area contributed by atoms with Crippen molar-refractivity contribution >= 4 is 45.3 Å². The van der Waals surface area contributed by atoms with E-state index in [1.54, 1.807) is 60.4 Å². The van der Waals surface area contributed by atoms with Crippen molar-refractivity contribution in [1.29, 1.82) is 0 Å². The van der Waals surface area contributed by atoms with Gasteiger partial charge in [-0.3, -0.25) is 14.8 Å². The average Bonchev–Trinajstić information content (AvgIpc) is 3.52. The Morgan fingerprint density at radius 1 is 0.865 bits per heavy atom. The summed E-state index contributed by atoms with van der Waals surface area (Å²) >= 11 is 12.5. The number of ether oxygens (including phenoxy) is 1. The van der Waals surface area contributed by atoms with Crippen LogP contribution in [0, 0.1) is 0 Å². The molecule has 3 aromatic carbocycles. The summed E-state index contributed by atoms with van der Waals surface area (Å²) in [5.41, 5.74) is 0.659. The zero-order valence-corrected chi connectivity index (χ0v) is 30.7. The van der Waals surface area contributed by atoms with Crippen molar-refractivity contribution in [1.82, 2.24) is 23.3 Å². The predicted molar refractivity (Wildman–Crippen MR) is 192 cm³/mol. The van der Waals surface area contributed by atoms with Gasteiger partial charge in [0.25, 0.3) is 10.2 Å². The summed E-state index contributed by atoms with van der Waals surface area (Å²) in [6.45, 7) is 3.99. The van der Waals surface area contributed by atoms with E-state index in [1.165, 1.54) is 19.6 Å². The number of β-amino-alcohol motifs (C(OH)–C–C–N with tert-alkyl or cyclic N) is 1. The van der Waals surface area contributed by atoms with Crippen LogP contribution in [0.25, 0.3) is 0 Å². The van der Waals surface area contributed by atoms with Gasteiger partial charge in [-0.25, -0.2) is 4.79 Å². The molecule has 0 aliphatic carbocycles. The largest absolute Gasteiger partial charge is 0.493 e. The Morgan fingerprint density at radius 3 is 1.96 bits per heavy atom. The molecule has 2 fully saturated rings. The quantitative estimate of drug-likeness (QED) is 0.305. The van der Waals surface area contributed by atoms with Gasteiger partial charge in [-0.05, 0) is 60.5 Å². The maximum Gasteiger partial charge on any atom is 0.416 e. The van der Waals surface area contributed by atoms with Crippen LogP contribution in [0.2, 0.25) is 10.0 Å². The number of amidine groups is 1. The minimum atomic E-state index is -4.64. The molecule has 2 amide bonds. The van der Waals surface area contributed by atoms with Gasteiger partial charge in [0.2, 0.25) is 0 Å². The zero-order chi connectivity index (χ0) is 37.2. The third-order valence-electron chi connectivity index (χ3n) is 9.45. The topological polar surface area (TPSA) is 109 Å². The number of hydrogen-bond donors (Lipinski definition) is 1. The first-order chi connectivity index (χ1) is 24.8.